The van der Waals surface area contributed by atoms with Crippen LogP contribution in [0.25, 0.3) is 11.5 Å². The molecule has 0 radical (unpaired) electrons. The Kier molecular flexibility index (Phi) is 4.49. The standard InChI is InChI=1S/C12H14ClN3OS/c1-2-6-18-7-10-15-12(17-16-10)11-8(13)4-3-5-9(11)14/h3-5H,2,6-7,14H2,1H3. The first-order chi connectivity index (χ1) is 8.72. The highest BCUT2D eigenvalue weighted by atomic mass is 35.5. The molecule has 0 aliphatic rings. The predicted octanol–water partition coefficient (Wildman–Crippen LogP) is 3.62. The lowest BCUT2D eigenvalue weighted by Crippen LogP contribution is -1.91. The molecule has 18 heavy (non-hydrogen) atoms. The third-order valence-corrected chi connectivity index (χ3v) is 3.78. The van der Waals surface area contributed by atoms with E-state index in [2.05, 4.69) is 17.1 Å². The molecule has 0 spiro atoms. The summed E-state index contributed by atoms with van der Waals surface area (Å²) in [5.41, 5.74) is 7.02. The Morgan fingerprint density at radius 1 is 1.44 bits per heavy atom. The molecule has 1 aromatic heterocycles. The molecule has 2 aromatic rings. The van der Waals surface area contributed by atoms with E-state index in [1.807, 2.05) is 0 Å². The minimum absolute atomic E-state index is 0.380. The summed E-state index contributed by atoms with van der Waals surface area (Å²) in [4.78, 5) is 4.31. The van der Waals surface area contributed by atoms with E-state index in [1.54, 1.807) is 30.0 Å². The van der Waals surface area contributed by atoms with Gasteiger partial charge >= 0.3 is 0 Å². The van der Waals surface area contributed by atoms with Gasteiger partial charge in [0.1, 0.15) is 0 Å². The van der Waals surface area contributed by atoms with Gasteiger partial charge in [0.25, 0.3) is 5.89 Å². The van der Waals surface area contributed by atoms with Crippen LogP contribution in [0, 0.1) is 0 Å². The number of anilines is 1. The van der Waals surface area contributed by atoms with E-state index in [4.69, 9.17) is 21.9 Å². The van der Waals surface area contributed by atoms with Crippen molar-refractivity contribution in [2.45, 2.75) is 19.1 Å². The van der Waals surface area contributed by atoms with Crippen molar-refractivity contribution in [3.8, 4) is 11.5 Å². The van der Waals surface area contributed by atoms with E-state index in [0.29, 0.717) is 28.0 Å². The van der Waals surface area contributed by atoms with E-state index in [1.165, 1.54) is 0 Å². The van der Waals surface area contributed by atoms with Crippen LogP contribution in [-0.4, -0.2) is 15.9 Å². The molecule has 6 heteroatoms. The average Bonchev–Trinajstić information content (AvgIpc) is 2.78. The van der Waals surface area contributed by atoms with E-state index >= 15 is 0 Å². The van der Waals surface area contributed by atoms with Gasteiger partial charge in [-0.15, -0.1) is 0 Å². The normalized spacial score (nSPS) is 10.8. The molecule has 1 aromatic carbocycles. The fourth-order valence-electron chi connectivity index (χ4n) is 1.49. The largest absolute Gasteiger partial charge is 0.398 e. The highest BCUT2D eigenvalue weighted by molar-refractivity contribution is 7.98. The van der Waals surface area contributed by atoms with Gasteiger partial charge in [0.2, 0.25) is 0 Å². The number of halogens is 1. The minimum atomic E-state index is 0.380. The number of hydrogen-bond acceptors (Lipinski definition) is 5. The lowest BCUT2D eigenvalue weighted by molar-refractivity contribution is 0.425. The Morgan fingerprint density at radius 2 is 2.28 bits per heavy atom. The minimum Gasteiger partial charge on any atom is -0.398 e. The first-order valence-corrected chi connectivity index (χ1v) is 7.20. The van der Waals surface area contributed by atoms with Crippen LogP contribution in [0.15, 0.2) is 22.7 Å². The Morgan fingerprint density at radius 3 is 3.00 bits per heavy atom. The van der Waals surface area contributed by atoms with Crippen molar-refractivity contribution in [3.63, 3.8) is 0 Å². The molecule has 0 amide bonds. The molecule has 0 saturated heterocycles. The van der Waals surface area contributed by atoms with Crippen LogP contribution in [0.1, 0.15) is 19.2 Å². The highest BCUT2D eigenvalue weighted by Crippen LogP contribution is 2.32. The fourth-order valence-corrected chi connectivity index (χ4v) is 2.48. The summed E-state index contributed by atoms with van der Waals surface area (Å²) in [7, 11) is 0. The van der Waals surface area contributed by atoms with E-state index in [0.717, 1.165) is 17.9 Å². The molecule has 2 rings (SSSR count). The number of nitrogens with zero attached hydrogens (tertiary/aromatic N) is 2. The second-order valence-corrected chi connectivity index (χ2v) is 5.28. The molecule has 0 bridgehead atoms. The van der Waals surface area contributed by atoms with Crippen molar-refractivity contribution in [3.05, 3.63) is 29.0 Å². The first-order valence-electron chi connectivity index (χ1n) is 5.67. The average molecular weight is 284 g/mol. The van der Waals surface area contributed by atoms with E-state index in [9.17, 15) is 0 Å². The molecule has 0 aliphatic carbocycles. The summed E-state index contributed by atoms with van der Waals surface area (Å²) in [6.45, 7) is 2.14. The smallest absolute Gasteiger partial charge is 0.261 e. The van der Waals surface area contributed by atoms with Crippen LogP contribution >= 0.6 is 23.4 Å². The molecule has 2 N–H and O–H groups in total. The first kappa shape index (κ1) is 13.2. The molecule has 0 saturated carbocycles. The summed E-state index contributed by atoms with van der Waals surface area (Å²) in [5.74, 6) is 2.87. The summed E-state index contributed by atoms with van der Waals surface area (Å²) in [5, 5.41) is 4.45. The predicted molar refractivity (Wildman–Crippen MR) is 75.6 cm³/mol. The molecule has 0 fully saturated rings. The second kappa shape index (κ2) is 6.11. The zero-order chi connectivity index (χ0) is 13.0. The van der Waals surface area contributed by atoms with Crippen molar-refractivity contribution in [2.24, 2.45) is 0 Å². The van der Waals surface area contributed by atoms with Crippen molar-refractivity contribution in [1.82, 2.24) is 10.1 Å². The summed E-state index contributed by atoms with van der Waals surface area (Å²) in [6.07, 6.45) is 1.13. The van der Waals surface area contributed by atoms with Crippen LogP contribution in [0.5, 0.6) is 0 Å². The molecule has 1 heterocycles. The number of aromatic nitrogens is 2. The van der Waals surface area contributed by atoms with Gasteiger partial charge in [-0.3, -0.25) is 0 Å². The second-order valence-electron chi connectivity index (χ2n) is 3.77. The van der Waals surface area contributed by atoms with Gasteiger partial charge < -0.3 is 10.3 Å². The van der Waals surface area contributed by atoms with Crippen LogP contribution in [0.3, 0.4) is 0 Å². The van der Waals surface area contributed by atoms with Crippen LogP contribution in [0.2, 0.25) is 5.02 Å². The SMILES string of the molecule is CCCSCc1noc(-c2c(N)cccc2Cl)n1. The maximum absolute atomic E-state index is 6.09. The molecule has 0 aliphatic heterocycles. The fraction of sp³-hybridized carbons (Fsp3) is 0.333. The van der Waals surface area contributed by atoms with Crippen LogP contribution in [-0.2, 0) is 5.75 Å². The van der Waals surface area contributed by atoms with Crippen LogP contribution in [0.4, 0.5) is 5.69 Å². The molecular weight excluding hydrogens is 270 g/mol. The topological polar surface area (TPSA) is 64.9 Å². The summed E-state index contributed by atoms with van der Waals surface area (Å²) >= 11 is 7.86. The zero-order valence-electron chi connectivity index (χ0n) is 10.0. The number of rotatable bonds is 5. The maximum atomic E-state index is 6.09. The third kappa shape index (κ3) is 2.97. The van der Waals surface area contributed by atoms with Gasteiger partial charge in [0, 0.05) is 5.69 Å². The van der Waals surface area contributed by atoms with Gasteiger partial charge in [-0.05, 0) is 24.3 Å². The summed E-state index contributed by atoms with van der Waals surface area (Å²) in [6, 6.07) is 5.30. The van der Waals surface area contributed by atoms with Gasteiger partial charge in [-0.25, -0.2) is 0 Å². The number of nitrogen functional groups attached to an aromatic ring is 1. The van der Waals surface area contributed by atoms with Crippen molar-refractivity contribution >= 4 is 29.1 Å². The number of hydrogen-bond donors (Lipinski definition) is 1. The number of benzene rings is 1. The highest BCUT2D eigenvalue weighted by Gasteiger charge is 2.14. The maximum Gasteiger partial charge on any atom is 0.261 e. The Balaban J connectivity index is 2.19. The Bertz CT molecular complexity index is 510. The Labute approximate surface area is 115 Å². The molecule has 0 atom stereocenters. The van der Waals surface area contributed by atoms with Crippen molar-refractivity contribution < 1.29 is 4.52 Å². The number of thioether (sulfide) groups is 1. The lowest BCUT2D eigenvalue weighted by Gasteiger charge is -2.01. The van der Waals surface area contributed by atoms with Crippen LogP contribution < -0.4 is 5.73 Å². The van der Waals surface area contributed by atoms with E-state index < -0.39 is 0 Å². The summed E-state index contributed by atoms with van der Waals surface area (Å²) < 4.78 is 5.20. The quantitative estimate of drug-likeness (QED) is 0.671. The van der Waals surface area contributed by atoms with Crippen molar-refractivity contribution in [2.75, 3.05) is 11.5 Å². The molecule has 0 unspecified atom stereocenters. The third-order valence-electron chi connectivity index (χ3n) is 2.31. The molecule has 4 nitrogen and oxygen atoms in total. The Hall–Kier alpha value is -1.20. The number of nitrogens with two attached hydrogens (primary N) is 1. The van der Waals surface area contributed by atoms with E-state index in [-0.39, 0.29) is 0 Å². The van der Waals surface area contributed by atoms with Gasteiger partial charge in [0.05, 0.1) is 16.3 Å². The molecular formula is C12H14ClN3OS. The van der Waals surface area contributed by atoms with Gasteiger partial charge in [0.15, 0.2) is 5.82 Å². The van der Waals surface area contributed by atoms with Crippen molar-refractivity contribution in [1.29, 1.82) is 0 Å². The molecule has 96 valence electrons. The van der Waals surface area contributed by atoms with Gasteiger partial charge in [-0.2, -0.15) is 16.7 Å². The lowest BCUT2D eigenvalue weighted by atomic mass is 10.2. The van der Waals surface area contributed by atoms with Gasteiger partial charge in [-0.1, -0.05) is 29.7 Å². The monoisotopic (exact) mass is 283 g/mol. The zero-order valence-corrected chi connectivity index (χ0v) is 11.6.